The molecule has 29 heavy (non-hydrogen) atoms. The van der Waals surface area contributed by atoms with E-state index >= 15 is 0 Å². The lowest BCUT2D eigenvalue weighted by molar-refractivity contribution is -0.146. The monoisotopic (exact) mass is 436 g/mol. The maximum Gasteiger partial charge on any atom is 0.244 e. The fourth-order valence-corrected chi connectivity index (χ4v) is 9.08. The van der Waals surface area contributed by atoms with Gasteiger partial charge in [0.05, 0.1) is 5.02 Å². The molecule has 5 fully saturated rings. The van der Waals surface area contributed by atoms with Crippen LogP contribution in [0.2, 0.25) is 5.02 Å². The van der Waals surface area contributed by atoms with Crippen molar-refractivity contribution in [2.45, 2.75) is 62.3 Å². The van der Waals surface area contributed by atoms with Gasteiger partial charge in [-0.3, -0.25) is 4.79 Å². The van der Waals surface area contributed by atoms with Crippen molar-refractivity contribution in [1.82, 2.24) is 9.62 Å². The third-order valence-electron chi connectivity index (χ3n) is 7.76. The van der Waals surface area contributed by atoms with E-state index in [0.29, 0.717) is 13.1 Å². The first kappa shape index (κ1) is 19.8. The number of carbonyl (C=O) groups is 1. The topological polar surface area (TPSA) is 66.5 Å². The van der Waals surface area contributed by atoms with Crippen molar-refractivity contribution in [2.24, 2.45) is 23.2 Å². The number of benzene rings is 1. The first-order chi connectivity index (χ1) is 13.9. The molecule has 1 aliphatic heterocycles. The van der Waals surface area contributed by atoms with Crippen LogP contribution in [0.3, 0.4) is 0 Å². The molecule has 0 spiro atoms. The summed E-state index contributed by atoms with van der Waals surface area (Å²) in [5, 5.41) is 3.42. The Balaban J connectivity index is 1.28. The zero-order valence-electron chi connectivity index (χ0n) is 16.6. The maximum atomic E-state index is 13.2. The molecule has 4 bridgehead atoms. The van der Waals surface area contributed by atoms with Crippen LogP contribution in [0.15, 0.2) is 29.2 Å². The summed E-state index contributed by atoms with van der Waals surface area (Å²) in [7, 11) is -3.66. The lowest BCUT2D eigenvalue weighted by Crippen LogP contribution is -2.55. The quantitative estimate of drug-likeness (QED) is 0.762. The van der Waals surface area contributed by atoms with Gasteiger partial charge in [0.1, 0.15) is 4.90 Å². The maximum absolute atomic E-state index is 13.2. The standard InChI is InChI=1S/C22H29ClN2O3S/c23-19-5-1-2-6-20(19)29(27,28)25-7-3-4-18(25)14-24-21(26)22-11-15-8-16(12-22)10-17(9-15)13-22/h1-2,5-6,15-18H,3-4,7-14H2,(H,24,26). The Morgan fingerprint density at radius 2 is 1.72 bits per heavy atom. The van der Waals surface area contributed by atoms with Gasteiger partial charge < -0.3 is 5.32 Å². The van der Waals surface area contributed by atoms with Crippen molar-refractivity contribution in [3.63, 3.8) is 0 Å². The molecule has 1 aromatic carbocycles. The lowest BCUT2D eigenvalue weighted by atomic mass is 9.49. The number of halogens is 1. The van der Waals surface area contributed by atoms with Crippen LogP contribution in [0.4, 0.5) is 0 Å². The number of nitrogens with one attached hydrogen (secondary N) is 1. The van der Waals surface area contributed by atoms with E-state index in [0.717, 1.165) is 49.9 Å². The van der Waals surface area contributed by atoms with Crippen LogP contribution in [0, 0.1) is 23.2 Å². The highest BCUT2D eigenvalue weighted by molar-refractivity contribution is 7.89. The van der Waals surface area contributed by atoms with E-state index in [-0.39, 0.29) is 27.3 Å². The third-order valence-corrected chi connectivity index (χ3v) is 10.2. The van der Waals surface area contributed by atoms with Crippen molar-refractivity contribution in [1.29, 1.82) is 0 Å². The fourth-order valence-electron chi connectivity index (χ4n) is 6.90. The molecule has 5 nitrogen and oxygen atoms in total. The minimum absolute atomic E-state index is 0.154. The second kappa shape index (κ2) is 7.24. The van der Waals surface area contributed by atoms with Gasteiger partial charge in [0.25, 0.3) is 0 Å². The molecule has 0 radical (unpaired) electrons. The third kappa shape index (κ3) is 3.41. The molecule has 6 rings (SSSR count). The van der Waals surface area contributed by atoms with E-state index < -0.39 is 10.0 Å². The van der Waals surface area contributed by atoms with Gasteiger partial charge in [-0.05, 0) is 81.3 Å². The van der Waals surface area contributed by atoms with E-state index in [1.54, 1.807) is 24.3 Å². The predicted molar refractivity (Wildman–Crippen MR) is 112 cm³/mol. The average Bonchev–Trinajstić information content (AvgIpc) is 3.15. The summed E-state index contributed by atoms with van der Waals surface area (Å²) in [5.41, 5.74) is -0.195. The second-order valence-electron chi connectivity index (χ2n) is 9.75. The molecule has 0 aromatic heterocycles. The van der Waals surface area contributed by atoms with Gasteiger partial charge in [0.15, 0.2) is 0 Å². The Bertz CT molecular complexity index is 881. The van der Waals surface area contributed by atoms with Gasteiger partial charge in [-0.2, -0.15) is 4.31 Å². The Morgan fingerprint density at radius 1 is 1.10 bits per heavy atom. The minimum Gasteiger partial charge on any atom is -0.354 e. The SMILES string of the molecule is O=C(NCC1CCCN1S(=O)(=O)c1ccccc1Cl)C12CC3CC(CC(C3)C1)C2. The summed E-state index contributed by atoms with van der Waals surface area (Å²) >= 11 is 6.16. The number of nitrogens with zero attached hydrogens (tertiary/aromatic N) is 1. The molecule has 4 aliphatic carbocycles. The highest BCUT2D eigenvalue weighted by Gasteiger charge is 2.54. The molecule has 7 heteroatoms. The first-order valence-electron chi connectivity index (χ1n) is 10.9. The fraction of sp³-hybridized carbons (Fsp3) is 0.682. The summed E-state index contributed by atoms with van der Waals surface area (Å²) in [6.45, 7) is 0.871. The normalized spacial score (nSPS) is 36.4. The van der Waals surface area contributed by atoms with Crippen LogP contribution in [0.1, 0.15) is 51.4 Å². The average molecular weight is 437 g/mol. The molecule has 1 atom stereocenters. The molecule has 1 amide bonds. The summed E-state index contributed by atoms with van der Waals surface area (Å²) in [4.78, 5) is 13.4. The van der Waals surface area contributed by atoms with Crippen molar-refractivity contribution in [3.05, 3.63) is 29.3 Å². The van der Waals surface area contributed by atoms with Crippen molar-refractivity contribution in [3.8, 4) is 0 Å². The predicted octanol–water partition coefficient (Wildman–Crippen LogP) is 3.83. The summed E-state index contributed by atoms with van der Waals surface area (Å²) in [6.07, 6.45) is 8.56. The van der Waals surface area contributed by atoms with E-state index in [2.05, 4.69) is 5.32 Å². The van der Waals surface area contributed by atoms with E-state index in [9.17, 15) is 13.2 Å². The lowest BCUT2D eigenvalue weighted by Gasteiger charge is -2.55. The van der Waals surface area contributed by atoms with Crippen LogP contribution in [0.25, 0.3) is 0 Å². The number of hydrogen-bond donors (Lipinski definition) is 1. The Labute approximate surface area is 178 Å². The van der Waals surface area contributed by atoms with Gasteiger partial charge in [-0.1, -0.05) is 23.7 Å². The number of amides is 1. The van der Waals surface area contributed by atoms with Crippen LogP contribution < -0.4 is 5.32 Å². The zero-order valence-corrected chi connectivity index (χ0v) is 18.2. The number of rotatable bonds is 5. The molecule has 1 saturated heterocycles. The molecule has 1 unspecified atom stereocenters. The zero-order chi connectivity index (χ0) is 20.2. The highest BCUT2D eigenvalue weighted by atomic mass is 35.5. The second-order valence-corrected chi connectivity index (χ2v) is 12.0. The van der Waals surface area contributed by atoms with Crippen LogP contribution >= 0.6 is 11.6 Å². The number of carbonyl (C=O) groups excluding carboxylic acids is 1. The van der Waals surface area contributed by atoms with Gasteiger partial charge >= 0.3 is 0 Å². The largest absolute Gasteiger partial charge is 0.354 e. The summed E-state index contributed by atoms with van der Waals surface area (Å²) in [5.74, 6) is 2.32. The van der Waals surface area contributed by atoms with Crippen molar-refractivity contribution >= 4 is 27.5 Å². The van der Waals surface area contributed by atoms with Crippen LogP contribution in [0.5, 0.6) is 0 Å². The van der Waals surface area contributed by atoms with Crippen molar-refractivity contribution in [2.75, 3.05) is 13.1 Å². The molecule has 1 N–H and O–H groups in total. The first-order valence-corrected chi connectivity index (χ1v) is 12.7. The molecule has 1 aromatic rings. The van der Waals surface area contributed by atoms with Gasteiger partial charge in [-0.15, -0.1) is 0 Å². The smallest absolute Gasteiger partial charge is 0.244 e. The van der Waals surface area contributed by atoms with E-state index in [1.807, 2.05) is 0 Å². The molecule has 158 valence electrons. The number of hydrogen-bond acceptors (Lipinski definition) is 3. The van der Waals surface area contributed by atoms with Crippen molar-refractivity contribution < 1.29 is 13.2 Å². The van der Waals surface area contributed by atoms with Crippen LogP contribution in [-0.2, 0) is 14.8 Å². The number of sulfonamides is 1. The Morgan fingerprint density at radius 3 is 2.34 bits per heavy atom. The molecular weight excluding hydrogens is 408 g/mol. The summed E-state index contributed by atoms with van der Waals surface area (Å²) < 4.78 is 27.9. The van der Waals surface area contributed by atoms with Crippen LogP contribution in [-0.4, -0.2) is 37.8 Å². The molecular formula is C22H29ClN2O3S. The van der Waals surface area contributed by atoms with Gasteiger partial charge in [0.2, 0.25) is 15.9 Å². The Kier molecular flexibility index (Phi) is 4.95. The van der Waals surface area contributed by atoms with E-state index in [1.165, 1.54) is 23.6 Å². The Hall–Kier alpha value is -1.11. The molecule has 1 heterocycles. The molecule has 4 saturated carbocycles. The van der Waals surface area contributed by atoms with E-state index in [4.69, 9.17) is 11.6 Å². The minimum atomic E-state index is -3.66. The summed E-state index contributed by atoms with van der Waals surface area (Å²) in [6, 6.07) is 6.39. The van der Waals surface area contributed by atoms with Gasteiger partial charge in [0, 0.05) is 24.5 Å². The highest BCUT2D eigenvalue weighted by Crippen LogP contribution is 2.60. The van der Waals surface area contributed by atoms with Gasteiger partial charge in [-0.25, -0.2) is 8.42 Å². The molecule has 5 aliphatic rings.